The maximum absolute atomic E-state index is 11.8. The van der Waals surface area contributed by atoms with Crippen molar-refractivity contribution < 1.29 is 14.6 Å². The van der Waals surface area contributed by atoms with Crippen molar-refractivity contribution in [3.05, 3.63) is 29.3 Å². The number of benzene rings is 1. The molecule has 0 saturated carbocycles. The molecule has 0 aromatic heterocycles. The number of aliphatic hydroxyl groups excluding tert-OH is 1. The van der Waals surface area contributed by atoms with Crippen molar-refractivity contribution in [2.75, 3.05) is 13.2 Å². The summed E-state index contributed by atoms with van der Waals surface area (Å²) in [5.74, 6) is 1.01. The first-order valence-corrected chi connectivity index (χ1v) is 7.11. The van der Waals surface area contributed by atoms with Gasteiger partial charge in [0.05, 0.1) is 0 Å². The lowest BCUT2D eigenvalue weighted by Crippen LogP contribution is -2.37. The number of rotatable bonds is 7. The van der Waals surface area contributed by atoms with Crippen LogP contribution < -0.4 is 10.1 Å². The van der Waals surface area contributed by atoms with Gasteiger partial charge in [0, 0.05) is 13.2 Å². The second-order valence-corrected chi connectivity index (χ2v) is 5.31. The summed E-state index contributed by atoms with van der Waals surface area (Å²) in [6.07, 6.45) is 0.00940. The molecule has 1 rings (SSSR count). The van der Waals surface area contributed by atoms with Gasteiger partial charge in [0.25, 0.3) is 5.91 Å². The summed E-state index contributed by atoms with van der Waals surface area (Å²) in [4.78, 5) is 11.8. The van der Waals surface area contributed by atoms with Crippen LogP contribution in [0.3, 0.4) is 0 Å². The van der Waals surface area contributed by atoms with Crippen molar-refractivity contribution in [1.82, 2.24) is 5.32 Å². The third kappa shape index (κ3) is 4.85. The van der Waals surface area contributed by atoms with E-state index in [0.717, 1.165) is 11.3 Å². The highest BCUT2D eigenvalue weighted by Crippen LogP contribution is 2.25. The van der Waals surface area contributed by atoms with Crippen LogP contribution >= 0.6 is 0 Å². The van der Waals surface area contributed by atoms with Crippen LogP contribution in [0.2, 0.25) is 0 Å². The third-order valence-electron chi connectivity index (χ3n) is 3.19. The van der Waals surface area contributed by atoms with Crippen molar-refractivity contribution in [3.8, 4) is 5.75 Å². The minimum absolute atomic E-state index is 0.0745. The largest absolute Gasteiger partial charge is 0.481 e. The molecule has 4 nitrogen and oxygen atoms in total. The molecule has 1 amide bonds. The highest BCUT2D eigenvalue weighted by Gasteiger charge is 2.15. The number of ether oxygens (including phenoxy) is 1. The third-order valence-corrected chi connectivity index (χ3v) is 3.19. The average Bonchev–Trinajstić information content (AvgIpc) is 2.41. The number of aryl methyl sites for hydroxylation is 1. The van der Waals surface area contributed by atoms with E-state index in [9.17, 15) is 4.79 Å². The van der Waals surface area contributed by atoms with Crippen LogP contribution in [-0.2, 0) is 4.79 Å². The number of hydrogen-bond donors (Lipinski definition) is 2. The molecule has 1 aromatic carbocycles. The molecule has 0 aliphatic carbocycles. The predicted molar refractivity (Wildman–Crippen MR) is 80.1 cm³/mol. The molecule has 1 aromatic rings. The molecule has 0 aliphatic rings. The number of aliphatic hydroxyl groups is 1. The standard InChI is InChI=1S/C16H25NO3/c1-11(2)14-7-6-12(3)15(10-14)20-13(4)16(19)17-8-5-9-18/h6-7,10-11,13,18H,5,8-9H2,1-4H3,(H,17,19). The van der Waals surface area contributed by atoms with Crippen LogP contribution in [0.4, 0.5) is 0 Å². The van der Waals surface area contributed by atoms with Crippen LogP contribution in [0.25, 0.3) is 0 Å². The van der Waals surface area contributed by atoms with E-state index >= 15 is 0 Å². The predicted octanol–water partition coefficient (Wildman–Crippen LogP) is 2.38. The summed E-state index contributed by atoms with van der Waals surface area (Å²) in [7, 11) is 0. The average molecular weight is 279 g/mol. The topological polar surface area (TPSA) is 58.6 Å². The molecule has 0 bridgehead atoms. The van der Waals surface area contributed by atoms with Gasteiger partial charge in [0.2, 0.25) is 0 Å². The lowest BCUT2D eigenvalue weighted by atomic mass is 10.0. The van der Waals surface area contributed by atoms with E-state index in [1.54, 1.807) is 6.92 Å². The lowest BCUT2D eigenvalue weighted by Gasteiger charge is -2.17. The zero-order valence-corrected chi connectivity index (χ0v) is 12.8. The number of hydrogen-bond acceptors (Lipinski definition) is 3. The van der Waals surface area contributed by atoms with Crippen molar-refractivity contribution in [2.45, 2.75) is 46.1 Å². The molecule has 0 saturated heterocycles. The Morgan fingerprint density at radius 1 is 1.35 bits per heavy atom. The molecular formula is C16H25NO3. The van der Waals surface area contributed by atoms with Crippen molar-refractivity contribution in [3.63, 3.8) is 0 Å². The molecule has 2 N–H and O–H groups in total. The quantitative estimate of drug-likeness (QED) is 0.753. The number of carbonyl (C=O) groups is 1. The fraction of sp³-hybridized carbons (Fsp3) is 0.562. The van der Waals surface area contributed by atoms with Gasteiger partial charge in [-0.2, -0.15) is 0 Å². The molecule has 112 valence electrons. The van der Waals surface area contributed by atoms with E-state index in [0.29, 0.717) is 18.9 Å². The number of carbonyl (C=O) groups excluding carboxylic acids is 1. The van der Waals surface area contributed by atoms with E-state index in [1.165, 1.54) is 5.56 Å². The number of amides is 1. The van der Waals surface area contributed by atoms with Gasteiger partial charge in [-0.05, 0) is 43.4 Å². The Balaban J connectivity index is 2.67. The summed E-state index contributed by atoms with van der Waals surface area (Å²) < 4.78 is 5.75. The van der Waals surface area contributed by atoms with Gasteiger partial charge in [-0.25, -0.2) is 0 Å². The fourth-order valence-electron chi connectivity index (χ4n) is 1.78. The molecule has 20 heavy (non-hydrogen) atoms. The molecule has 1 unspecified atom stereocenters. The molecular weight excluding hydrogens is 254 g/mol. The Morgan fingerprint density at radius 3 is 2.65 bits per heavy atom. The minimum atomic E-state index is -0.546. The first kappa shape index (κ1) is 16.5. The monoisotopic (exact) mass is 279 g/mol. The maximum Gasteiger partial charge on any atom is 0.260 e. The van der Waals surface area contributed by atoms with Gasteiger partial charge in [-0.3, -0.25) is 4.79 Å². The molecule has 0 heterocycles. The first-order valence-electron chi connectivity index (χ1n) is 7.11. The van der Waals surface area contributed by atoms with Gasteiger partial charge in [-0.1, -0.05) is 26.0 Å². The fourth-order valence-corrected chi connectivity index (χ4v) is 1.78. The molecule has 4 heteroatoms. The second-order valence-electron chi connectivity index (χ2n) is 5.31. The highest BCUT2D eigenvalue weighted by atomic mass is 16.5. The van der Waals surface area contributed by atoms with Gasteiger partial charge in [0.15, 0.2) is 6.10 Å². The maximum atomic E-state index is 11.8. The number of nitrogens with one attached hydrogen (secondary N) is 1. The highest BCUT2D eigenvalue weighted by molar-refractivity contribution is 5.80. The van der Waals surface area contributed by atoms with Crippen molar-refractivity contribution in [1.29, 1.82) is 0 Å². The van der Waals surface area contributed by atoms with Crippen molar-refractivity contribution >= 4 is 5.91 Å². The Hall–Kier alpha value is -1.55. The van der Waals surface area contributed by atoms with E-state index in [2.05, 4.69) is 25.2 Å². The van der Waals surface area contributed by atoms with E-state index in [4.69, 9.17) is 9.84 Å². The molecule has 1 atom stereocenters. The molecule has 0 radical (unpaired) electrons. The Labute approximate surface area is 121 Å². The summed E-state index contributed by atoms with van der Waals surface area (Å²) >= 11 is 0. The van der Waals surface area contributed by atoms with E-state index in [-0.39, 0.29) is 12.5 Å². The van der Waals surface area contributed by atoms with Crippen LogP contribution in [0.1, 0.15) is 44.2 Å². The van der Waals surface area contributed by atoms with Crippen molar-refractivity contribution in [2.24, 2.45) is 0 Å². The van der Waals surface area contributed by atoms with Crippen LogP contribution in [0.5, 0.6) is 5.75 Å². The first-order chi connectivity index (χ1) is 9.45. The van der Waals surface area contributed by atoms with Gasteiger partial charge < -0.3 is 15.2 Å². The second kappa shape index (κ2) is 7.90. The summed E-state index contributed by atoms with van der Waals surface area (Å²) in [5, 5.41) is 11.4. The van der Waals surface area contributed by atoms with Gasteiger partial charge >= 0.3 is 0 Å². The molecule has 0 aliphatic heterocycles. The zero-order valence-electron chi connectivity index (χ0n) is 12.8. The summed E-state index contributed by atoms with van der Waals surface area (Å²) in [6, 6.07) is 6.09. The van der Waals surface area contributed by atoms with Crippen LogP contribution in [0.15, 0.2) is 18.2 Å². The van der Waals surface area contributed by atoms with E-state index < -0.39 is 6.10 Å². The van der Waals surface area contributed by atoms with E-state index in [1.807, 2.05) is 19.1 Å². The van der Waals surface area contributed by atoms with Gasteiger partial charge in [0.1, 0.15) is 5.75 Å². The minimum Gasteiger partial charge on any atom is -0.481 e. The lowest BCUT2D eigenvalue weighted by molar-refractivity contribution is -0.127. The summed E-state index contributed by atoms with van der Waals surface area (Å²) in [5.41, 5.74) is 2.21. The van der Waals surface area contributed by atoms with Crippen LogP contribution in [-0.4, -0.2) is 30.3 Å². The Bertz CT molecular complexity index is 443. The molecule has 0 fully saturated rings. The SMILES string of the molecule is Cc1ccc(C(C)C)cc1OC(C)C(=O)NCCCO. The summed E-state index contributed by atoms with van der Waals surface area (Å²) in [6.45, 7) is 8.49. The normalized spacial score (nSPS) is 12.3. The zero-order chi connectivity index (χ0) is 15.1. The molecule has 0 spiro atoms. The Kier molecular flexibility index (Phi) is 6.52. The van der Waals surface area contributed by atoms with Gasteiger partial charge in [-0.15, -0.1) is 0 Å². The van der Waals surface area contributed by atoms with Crippen LogP contribution in [0, 0.1) is 6.92 Å². The Morgan fingerprint density at radius 2 is 2.05 bits per heavy atom. The smallest absolute Gasteiger partial charge is 0.260 e.